The Labute approximate surface area is 324 Å². The third kappa shape index (κ3) is 8.86. The van der Waals surface area contributed by atoms with Crippen LogP contribution in [0.25, 0.3) is 21.7 Å². The minimum atomic E-state index is -0.695. The number of alkyl carbamates (subject to hydrolysis) is 2. The number of nitrogens with zero attached hydrogens (tertiary/aromatic N) is 4. The normalized spacial score (nSPS) is 17.8. The van der Waals surface area contributed by atoms with Gasteiger partial charge in [0.1, 0.15) is 29.4 Å². The van der Waals surface area contributed by atoms with Crippen LogP contribution in [0.5, 0.6) is 0 Å². The number of hydrogen-bond acceptors (Lipinski definition) is 9. The number of aromatic amines is 2. The monoisotopic (exact) mass is 768 g/mol. The van der Waals surface area contributed by atoms with Crippen LogP contribution in [0.1, 0.15) is 87.7 Å². The van der Waals surface area contributed by atoms with Crippen LogP contribution in [0.4, 0.5) is 9.59 Å². The SMILES string of the molecule is COC(=O)N[C@H](C(=O)N1CCC[C@H]1c1ncc(C#Cc2ccc(-c3ccc(-c4cnc([C@@H]5CCCN5C(=O)[C@@H](NC(=O)OC)C(C)C)[nH]4)cc3)s2)[nH]1)C(C)C. The number of ether oxygens (including phenoxy) is 2. The number of methoxy groups -OCH3 is 2. The summed E-state index contributed by atoms with van der Waals surface area (Å²) in [6, 6.07) is 10.5. The van der Waals surface area contributed by atoms with Crippen LogP contribution in [0.3, 0.4) is 0 Å². The molecule has 14 nitrogen and oxygen atoms in total. The van der Waals surface area contributed by atoms with Gasteiger partial charge < -0.3 is 39.9 Å². The van der Waals surface area contributed by atoms with E-state index in [1.807, 2.05) is 45.9 Å². The molecule has 15 heteroatoms. The summed E-state index contributed by atoms with van der Waals surface area (Å²) in [5, 5.41) is 5.37. The van der Waals surface area contributed by atoms with Gasteiger partial charge in [-0.25, -0.2) is 19.6 Å². The van der Waals surface area contributed by atoms with Crippen molar-refractivity contribution in [1.82, 2.24) is 40.4 Å². The first-order valence-corrected chi connectivity index (χ1v) is 19.4. The van der Waals surface area contributed by atoms with Gasteiger partial charge in [-0.05, 0) is 72.6 Å². The highest BCUT2D eigenvalue weighted by Crippen LogP contribution is 2.35. The van der Waals surface area contributed by atoms with Crippen LogP contribution >= 0.6 is 11.3 Å². The predicted molar refractivity (Wildman–Crippen MR) is 208 cm³/mol. The number of amides is 4. The van der Waals surface area contributed by atoms with E-state index in [9.17, 15) is 19.2 Å². The molecule has 2 saturated heterocycles. The maximum Gasteiger partial charge on any atom is 0.407 e. The molecule has 1 aromatic carbocycles. The second-order valence-electron chi connectivity index (χ2n) is 14.5. The Bertz CT molecular complexity index is 2060. The molecule has 55 heavy (non-hydrogen) atoms. The molecular formula is C40H48N8O6S. The average Bonchev–Trinajstić information content (AvgIpc) is 4.03. The topological polar surface area (TPSA) is 175 Å². The van der Waals surface area contributed by atoms with Crippen molar-refractivity contribution in [2.45, 2.75) is 77.5 Å². The van der Waals surface area contributed by atoms with Gasteiger partial charge in [-0.3, -0.25) is 9.59 Å². The van der Waals surface area contributed by atoms with Gasteiger partial charge in [0.25, 0.3) is 0 Å². The van der Waals surface area contributed by atoms with E-state index in [2.05, 4.69) is 60.6 Å². The second-order valence-corrected chi connectivity index (χ2v) is 15.5. The fraction of sp³-hybridized carbons (Fsp3) is 0.450. The largest absolute Gasteiger partial charge is 0.453 e. The lowest BCUT2D eigenvalue weighted by Crippen LogP contribution is -2.51. The lowest BCUT2D eigenvalue weighted by molar-refractivity contribution is -0.136. The quantitative estimate of drug-likeness (QED) is 0.142. The van der Waals surface area contributed by atoms with E-state index in [1.54, 1.807) is 33.5 Å². The van der Waals surface area contributed by atoms with Crippen LogP contribution in [0.15, 0.2) is 48.8 Å². The molecule has 2 aliphatic heterocycles. The van der Waals surface area contributed by atoms with E-state index in [4.69, 9.17) is 9.47 Å². The molecule has 0 spiro atoms. The molecule has 0 saturated carbocycles. The summed E-state index contributed by atoms with van der Waals surface area (Å²) in [4.78, 5) is 72.3. The number of rotatable bonds is 10. The van der Waals surface area contributed by atoms with Gasteiger partial charge in [-0.2, -0.15) is 0 Å². The third-order valence-electron chi connectivity index (χ3n) is 10.1. The van der Waals surface area contributed by atoms with Crippen molar-refractivity contribution in [3.8, 4) is 33.5 Å². The summed E-state index contributed by atoms with van der Waals surface area (Å²) in [6.07, 6.45) is 5.46. The van der Waals surface area contributed by atoms with Crippen molar-refractivity contribution in [2.75, 3.05) is 27.3 Å². The Hall–Kier alpha value is -5.62. The smallest absolute Gasteiger partial charge is 0.407 e. The number of nitrogens with one attached hydrogen (secondary N) is 4. The minimum absolute atomic E-state index is 0.105. The van der Waals surface area contributed by atoms with Crippen LogP contribution < -0.4 is 10.6 Å². The summed E-state index contributed by atoms with van der Waals surface area (Å²) in [5.74, 6) is 7.30. The number of carbonyl (C=O) groups is 4. The number of carbonyl (C=O) groups excluding carboxylic acids is 4. The molecule has 6 rings (SSSR count). The fourth-order valence-corrected chi connectivity index (χ4v) is 7.98. The Balaban J connectivity index is 1.09. The minimum Gasteiger partial charge on any atom is -0.453 e. The van der Waals surface area contributed by atoms with Crippen LogP contribution in [-0.2, 0) is 19.1 Å². The van der Waals surface area contributed by atoms with Crippen molar-refractivity contribution in [2.24, 2.45) is 11.8 Å². The van der Waals surface area contributed by atoms with E-state index in [-0.39, 0.29) is 35.7 Å². The summed E-state index contributed by atoms with van der Waals surface area (Å²) in [6.45, 7) is 8.75. The first kappa shape index (κ1) is 39.1. The number of likely N-dealkylation sites (tertiary alicyclic amines) is 2. The molecule has 0 bridgehead atoms. The van der Waals surface area contributed by atoms with Gasteiger partial charge in [-0.15, -0.1) is 11.3 Å². The zero-order valence-corrected chi connectivity index (χ0v) is 32.8. The number of H-pyrrole nitrogens is 2. The van der Waals surface area contributed by atoms with Gasteiger partial charge in [0, 0.05) is 18.0 Å². The summed E-state index contributed by atoms with van der Waals surface area (Å²) in [5.41, 5.74) is 3.54. The number of hydrogen-bond donors (Lipinski definition) is 4. The molecule has 2 aliphatic rings. The highest BCUT2D eigenvalue weighted by atomic mass is 32.1. The van der Waals surface area contributed by atoms with Crippen LogP contribution in [0.2, 0.25) is 0 Å². The molecule has 290 valence electrons. The number of benzene rings is 1. The lowest BCUT2D eigenvalue weighted by Gasteiger charge is -2.30. The average molecular weight is 769 g/mol. The van der Waals surface area contributed by atoms with Crippen molar-refractivity contribution in [3.63, 3.8) is 0 Å². The number of imidazole rings is 2. The summed E-state index contributed by atoms with van der Waals surface area (Å²) in [7, 11) is 2.57. The fourth-order valence-electron chi connectivity index (χ4n) is 7.11. The molecular weight excluding hydrogens is 721 g/mol. The zero-order valence-electron chi connectivity index (χ0n) is 32.0. The van der Waals surface area contributed by atoms with Crippen molar-refractivity contribution >= 4 is 35.3 Å². The second kappa shape index (κ2) is 17.2. The van der Waals surface area contributed by atoms with Crippen molar-refractivity contribution < 1.29 is 28.7 Å². The molecule has 4 amide bonds. The summed E-state index contributed by atoms with van der Waals surface area (Å²) < 4.78 is 9.48. The molecule has 4 aromatic rings. The Kier molecular flexibility index (Phi) is 12.2. The zero-order chi connectivity index (χ0) is 39.2. The van der Waals surface area contributed by atoms with Crippen molar-refractivity contribution in [3.05, 3.63) is 71.0 Å². The lowest BCUT2D eigenvalue weighted by atomic mass is 10.0. The van der Waals surface area contributed by atoms with Crippen molar-refractivity contribution in [1.29, 1.82) is 0 Å². The van der Waals surface area contributed by atoms with E-state index in [0.717, 1.165) is 58.1 Å². The first-order valence-electron chi connectivity index (χ1n) is 18.6. The van der Waals surface area contributed by atoms with E-state index in [1.165, 1.54) is 14.2 Å². The van der Waals surface area contributed by atoms with Gasteiger partial charge in [0.2, 0.25) is 11.8 Å². The number of thiophene rings is 1. The van der Waals surface area contributed by atoms with Crippen LogP contribution in [0, 0.1) is 23.7 Å². The molecule has 0 aliphatic carbocycles. The number of aromatic nitrogens is 4. The van der Waals surface area contributed by atoms with Gasteiger partial charge in [0.05, 0.1) is 49.3 Å². The van der Waals surface area contributed by atoms with E-state index >= 15 is 0 Å². The molecule has 3 aromatic heterocycles. The van der Waals surface area contributed by atoms with Gasteiger partial charge in [0.15, 0.2) is 0 Å². The van der Waals surface area contributed by atoms with Gasteiger partial charge in [-0.1, -0.05) is 52.0 Å². The summed E-state index contributed by atoms with van der Waals surface area (Å²) >= 11 is 1.59. The highest BCUT2D eigenvalue weighted by molar-refractivity contribution is 7.16. The molecule has 5 heterocycles. The standard InChI is InChI=1S/C40H48N8O6S/c1-23(2)33(45-39(51)53-5)37(49)47-19-7-9-30(47)35-41-21-27(43-35)15-16-28-17-18-32(55-28)26-13-11-25(12-14-26)29-22-42-36(44-29)31-10-8-20-48(31)38(50)34(24(3)4)46-40(52)54-6/h11-14,17-18,21-24,30-31,33-34H,7-10,19-20H2,1-6H3,(H,41,43)(H,42,44)(H,45,51)(H,46,52)/t30-,31-,33-,34-/m0/s1. The Morgan fingerprint density at radius 2 is 1.27 bits per heavy atom. The molecule has 4 N–H and O–H groups in total. The molecule has 2 fully saturated rings. The molecule has 0 radical (unpaired) electrons. The predicted octanol–water partition coefficient (Wildman–Crippen LogP) is 6.02. The van der Waals surface area contributed by atoms with E-state index < -0.39 is 24.3 Å². The van der Waals surface area contributed by atoms with Crippen LogP contribution in [-0.4, -0.2) is 93.1 Å². The Morgan fingerprint density at radius 3 is 1.82 bits per heavy atom. The maximum atomic E-state index is 13.5. The first-order chi connectivity index (χ1) is 26.5. The molecule has 0 unspecified atom stereocenters. The molecule has 4 atom stereocenters. The Morgan fingerprint density at radius 1 is 0.745 bits per heavy atom. The highest BCUT2D eigenvalue weighted by Gasteiger charge is 2.39. The maximum absolute atomic E-state index is 13.5. The van der Waals surface area contributed by atoms with E-state index in [0.29, 0.717) is 24.6 Å². The third-order valence-corrected chi connectivity index (χ3v) is 11.1. The van der Waals surface area contributed by atoms with Gasteiger partial charge >= 0.3 is 12.2 Å².